The van der Waals surface area contributed by atoms with Gasteiger partial charge in [0.15, 0.2) is 6.61 Å². The number of carbonyl (C=O) groups is 3. The normalized spacial score (nSPS) is 12.2. The average molecular weight is 482 g/mol. The first kappa shape index (κ1) is 25.3. The predicted octanol–water partition coefficient (Wildman–Crippen LogP) is 1.57. The lowest BCUT2D eigenvalue weighted by Gasteiger charge is -2.16. The molecule has 32 heavy (non-hydrogen) atoms. The summed E-state index contributed by atoms with van der Waals surface area (Å²) in [6.45, 7) is 0.753. The van der Waals surface area contributed by atoms with Crippen LogP contribution in [0.1, 0.15) is 22.8 Å². The summed E-state index contributed by atoms with van der Waals surface area (Å²) < 4.78 is 30.8. The molecular formula is C21H24ClN3O6S. The second kappa shape index (κ2) is 11.1. The minimum Gasteiger partial charge on any atom is -0.454 e. The van der Waals surface area contributed by atoms with E-state index >= 15 is 0 Å². The Hall–Kier alpha value is -2.95. The van der Waals surface area contributed by atoms with E-state index in [1.807, 2.05) is 0 Å². The van der Waals surface area contributed by atoms with Gasteiger partial charge in [-0.25, -0.2) is 17.5 Å². The SMILES string of the molecule is C[C@H](NC(=O)c1ccccc1Cl)C(=O)OCC(=O)NCc1ccccc1S(=O)(=O)N(C)C. The van der Waals surface area contributed by atoms with Gasteiger partial charge in [0, 0.05) is 20.6 Å². The van der Waals surface area contributed by atoms with Gasteiger partial charge in [-0.3, -0.25) is 9.59 Å². The lowest BCUT2D eigenvalue weighted by molar-refractivity contribution is -0.150. The van der Waals surface area contributed by atoms with E-state index in [4.69, 9.17) is 16.3 Å². The molecule has 0 fully saturated rings. The first-order chi connectivity index (χ1) is 15.0. The molecule has 0 unspecified atom stereocenters. The Morgan fingerprint density at radius 1 is 1.06 bits per heavy atom. The van der Waals surface area contributed by atoms with Crippen molar-refractivity contribution in [2.45, 2.75) is 24.4 Å². The van der Waals surface area contributed by atoms with E-state index in [9.17, 15) is 22.8 Å². The topological polar surface area (TPSA) is 122 Å². The van der Waals surface area contributed by atoms with Crippen molar-refractivity contribution in [1.82, 2.24) is 14.9 Å². The number of nitrogens with zero attached hydrogens (tertiary/aromatic N) is 1. The number of rotatable bonds is 9. The minimum atomic E-state index is -3.68. The number of halogens is 1. The average Bonchev–Trinajstić information content (AvgIpc) is 2.76. The predicted molar refractivity (Wildman–Crippen MR) is 119 cm³/mol. The number of amides is 2. The first-order valence-corrected chi connectivity index (χ1v) is 11.3. The maximum Gasteiger partial charge on any atom is 0.328 e. The summed E-state index contributed by atoms with van der Waals surface area (Å²) in [4.78, 5) is 36.4. The molecule has 0 aliphatic heterocycles. The molecule has 0 heterocycles. The fraction of sp³-hybridized carbons (Fsp3) is 0.286. The molecule has 0 radical (unpaired) electrons. The van der Waals surface area contributed by atoms with Crippen molar-refractivity contribution in [1.29, 1.82) is 0 Å². The van der Waals surface area contributed by atoms with Gasteiger partial charge in [0.25, 0.3) is 11.8 Å². The Morgan fingerprint density at radius 3 is 2.34 bits per heavy atom. The van der Waals surface area contributed by atoms with Gasteiger partial charge >= 0.3 is 5.97 Å². The molecule has 2 amide bonds. The molecule has 172 valence electrons. The number of ether oxygens (including phenoxy) is 1. The molecule has 0 saturated carbocycles. The Morgan fingerprint density at radius 2 is 1.69 bits per heavy atom. The fourth-order valence-corrected chi connectivity index (χ4v) is 3.92. The van der Waals surface area contributed by atoms with Crippen molar-refractivity contribution in [2.75, 3.05) is 20.7 Å². The highest BCUT2D eigenvalue weighted by molar-refractivity contribution is 7.89. The van der Waals surface area contributed by atoms with Crippen LogP contribution < -0.4 is 10.6 Å². The van der Waals surface area contributed by atoms with Gasteiger partial charge in [-0.1, -0.05) is 41.9 Å². The van der Waals surface area contributed by atoms with Crippen LogP contribution in [0.5, 0.6) is 0 Å². The highest BCUT2D eigenvalue weighted by atomic mass is 35.5. The van der Waals surface area contributed by atoms with Crippen LogP contribution in [-0.2, 0) is 30.9 Å². The van der Waals surface area contributed by atoms with Gasteiger partial charge in [-0.05, 0) is 30.7 Å². The zero-order chi connectivity index (χ0) is 23.9. The van der Waals surface area contributed by atoms with Crippen molar-refractivity contribution in [3.8, 4) is 0 Å². The molecule has 2 rings (SSSR count). The quantitative estimate of drug-likeness (QED) is 0.524. The van der Waals surface area contributed by atoms with E-state index in [-0.39, 0.29) is 22.0 Å². The Labute approximate surface area is 191 Å². The maximum atomic E-state index is 12.4. The standard InChI is InChI=1S/C21H24ClN3O6S/c1-14(24-20(27)16-9-5-6-10-17(16)22)21(28)31-13-19(26)23-12-15-8-4-7-11-18(15)32(29,30)25(2)3/h4-11,14H,12-13H2,1-3H3,(H,23,26)(H,24,27)/t14-/m0/s1. The van der Waals surface area contributed by atoms with Crippen molar-refractivity contribution in [2.24, 2.45) is 0 Å². The Kier molecular flexibility index (Phi) is 8.76. The summed E-state index contributed by atoms with van der Waals surface area (Å²) in [6, 6.07) is 11.6. The molecule has 0 aliphatic rings. The van der Waals surface area contributed by atoms with Crippen LogP contribution in [0, 0.1) is 0 Å². The molecule has 0 saturated heterocycles. The smallest absolute Gasteiger partial charge is 0.328 e. The summed E-state index contributed by atoms with van der Waals surface area (Å²) in [6.07, 6.45) is 0. The van der Waals surface area contributed by atoms with E-state index < -0.39 is 40.5 Å². The van der Waals surface area contributed by atoms with Gasteiger partial charge in [0.1, 0.15) is 6.04 Å². The second-order valence-corrected chi connectivity index (χ2v) is 9.48. The lowest BCUT2D eigenvalue weighted by atomic mass is 10.2. The van der Waals surface area contributed by atoms with Gasteiger partial charge in [0.05, 0.1) is 15.5 Å². The fourth-order valence-electron chi connectivity index (χ4n) is 2.58. The molecule has 0 aliphatic carbocycles. The summed E-state index contributed by atoms with van der Waals surface area (Å²) in [5.41, 5.74) is 0.596. The largest absolute Gasteiger partial charge is 0.454 e. The number of hydrogen-bond donors (Lipinski definition) is 2. The molecule has 9 nitrogen and oxygen atoms in total. The number of hydrogen-bond acceptors (Lipinski definition) is 6. The van der Waals surface area contributed by atoms with Crippen molar-refractivity contribution >= 4 is 39.4 Å². The Balaban J connectivity index is 1.88. The number of nitrogens with one attached hydrogen (secondary N) is 2. The third-order valence-electron chi connectivity index (χ3n) is 4.37. The summed E-state index contributed by atoms with van der Waals surface area (Å²) in [5.74, 6) is -1.99. The molecule has 2 N–H and O–H groups in total. The molecule has 2 aromatic carbocycles. The monoisotopic (exact) mass is 481 g/mol. The third kappa shape index (κ3) is 6.52. The number of esters is 1. The summed E-state index contributed by atoms with van der Waals surface area (Å²) >= 11 is 5.96. The summed E-state index contributed by atoms with van der Waals surface area (Å²) in [7, 11) is -0.858. The van der Waals surface area contributed by atoms with E-state index in [2.05, 4.69) is 10.6 Å². The highest BCUT2D eigenvalue weighted by Gasteiger charge is 2.22. The molecule has 2 aromatic rings. The molecule has 0 bridgehead atoms. The number of sulfonamides is 1. The lowest BCUT2D eigenvalue weighted by Crippen LogP contribution is -2.41. The van der Waals surface area contributed by atoms with Crippen molar-refractivity contribution in [3.05, 3.63) is 64.7 Å². The third-order valence-corrected chi connectivity index (χ3v) is 6.62. The zero-order valence-corrected chi connectivity index (χ0v) is 19.4. The minimum absolute atomic E-state index is 0.0678. The van der Waals surface area contributed by atoms with E-state index in [1.54, 1.807) is 36.4 Å². The van der Waals surface area contributed by atoms with Crippen LogP contribution in [0.3, 0.4) is 0 Å². The van der Waals surface area contributed by atoms with Crippen molar-refractivity contribution in [3.63, 3.8) is 0 Å². The van der Waals surface area contributed by atoms with Crippen LogP contribution in [-0.4, -0.2) is 57.3 Å². The summed E-state index contributed by atoms with van der Waals surface area (Å²) in [5, 5.41) is 5.20. The van der Waals surface area contributed by atoms with Crippen LogP contribution >= 0.6 is 11.6 Å². The van der Waals surface area contributed by atoms with Gasteiger partial charge in [0.2, 0.25) is 10.0 Å². The molecule has 1 atom stereocenters. The van der Waals surface area contributed by atoms with E-state index in [0.717, 1.165) is 4.31 Å². The van der Waals surface area contributed by atoms with Crippen LogP contribution in [0.25, 0.3) is 0 Å². The van der Waals surface area contributed by atoms with E-state index in [1.165, 1.54) is 33.2 Å². The van der Waals surface area contributed by atoms with Crippen LogP contribution in [0.2, 0.25) is 5.02 Å². The second-order valence-electron chi connectivity index (χ2n) is 6.95. The highest BCUT2D eigenvalue weighted by Crippen LogP contribution is 2.18. The van der Waals surface area contributed by atoms with Crippen LogP contribution in [0.15, 0.2) is 53.4 Å². The first-order valence-electron chi connectivity index (χ1n) is 9.53. The van der Waals surface area contributed by atoms with Gasteiger partial charge in [-0.15, -0.1) is 0 Å². The number of carbonyl (C=O) groups excluding carboxylic acids is 3. The van der Waals surface area contributed by atoms with Gasteiger partial charge in [-0.2, -0.15) is 0 Å². The zero-order valence-electron chi connectivity index (χ0n) is 17.8. The van der Waals surface area contributed by atoms with E-state index in [0.29, 0.717) is 5.56 Å². The molecule has 11 heteroatoms. The maximum absolute atomic E-state index is 12.4. The van der Waals surface area contributed by atoms with Crippen LogP contribution in [0.4, 0.5) is 0 Å². The molecule has 0 aromatic heterocycles. The number of benzene rings is 2. The van der Waals surface area contributed by atoms with Crippen molar-refractivity contribution < 1.29 is 27.5 Å². The molecule has 0 spiro atoms. The molecular weight excluding hydrogens is 458 g/mol. The Bertz CT molecular complexity index is 1100. The van der Waals surface area contributed by atoms with Gasteiger partial charge < -0.3 is 15.4 Å².